The second kappa shape index (κ2) is 8.18. The van der Waals surface area contributed by atoms with Crippen molar-refractivity contribution in [3.63, 3.8) is 0 Å². The predicted molar refractivity (Wildman–Crippen MR) is 111 cm³/mol. The van der Waals surface area contributed by atoms with Gasteiger partial charge < -0.3 is 9.30 Å². The zero-order valence-corrected chi connectivity index (χ0v) is 16.6. The molecule has 0 aliphatic rings. The average molecular weight is 459 g/mol. The molecule has 1 aromatic heterocycles. The summed E-state index contributed by atoms with van der Waals surface area (Å²) in [6.45, 7) is 2.02. The Morgan fingerprint density at radius 2 is 1.92 bits per heavy atom. The first-order valence-electron chi connectivity index (χ1n) is 8.00. The molecular weight excluding hydrogens is 441 g/mol. The van der Waals surface area contributed by atoms with Crippen LogP contribution in [-0.2, 0) is 0 Å². The van der Waals surface area contributed by atoms with E-state index < -0.39 is 0 Å². The summed E-state index contributed by atoms with van der Waals surface area (Å²) in [6.07, 6.45) is 1.64. The van der Waals surface area contributed by atoms with E-state index in [4.69, 9.17) is 4.74 Å². The summed E-state index contributed by atoms with van der Waals surface area (Å²) in [5.41, 5.74) is 6.09. The Morgan fingerprint density at radius 3 is 2.62 bits per heavy atom. The standard InChI is InChI=1S/C20H18IN3O2/c1-14-6-7-18(24(14)17-8-10-19(26-2)11-9-17)13-22-23-20(25)15-4-3-5-16(21)12-15/h3-13H,1-2H3,(H,23,25)/b22-13+. The SMILES string of the molecule is COc1ccc(-n2c(C)ccc2/C=N/NC(=O)c2cccc(I)c2)cc1. The van der Waals surface area contributed by atoms with Crippen LogP contribution in [-0.4, -0.2) is 23.8 Å². The molecule has 0 bridgehead atoms. The van der Waals surface area contributed by atoms with Crippen LogP contribution in [0.4, 0.5) is 0 Å². The topological polar surface area (TPSA) is 55.6 Å². The predicted octanol–water partition coefficient (Wildman–Crippen LogP) is 4.16. The Bertz CT molecular complexity index is 946. The third-order valence-corrected chi connectivity index (χ3v) is 4.56. The molecule has 0 fully saturated rings. The van der Waals surface area contributed by atoms with E-state index in [-0.39, 0.29) is 5.91 Å². The number of halogens is 1. The molecule has 2 aromatic carbocycles. The highest BCUT2D eigenvalue weighted by atomic mass is 127. The Kier molecular flexibility index (Phi) is 5.72. The van der Waals surface area contributed by atoms with Crippen LogP contribution in [0.3, 0.4) is 0 Å². The fourth-order valence-corrected chi connectivity index (χ4v) is 3.14. The molecule has 0 saturated heterocycles. The molecule has 0 radical (unpaired) electrons. The van der Waals surface area contributed by atoms with Crippen LogP contribution < -0.4 is 10.2 Å². The minimum Gasteiger partial charge on any atom is -0.497 e. The third kappa shape index (κ3) is 4.13. The van der Waals surface area contributed by atoms with Crippen molar-refractivity contribution in [3.05, 3.63) is 81.2 Å². The van der Waals surface area contributed by atoms with Gasteiger partial charge in [-0.25, -0.2) is 5.43 Å². The zero-order valence-electron chi connectivity index (χ0n) is 14.4. The highest BCUT2D eigenvalue weighted by Gasteiger charge is 2.07. The Balaban J connectivity index is 1.78. The molecule has 1 N–H and O–H groups in total. The van der Waals surface area contributed by atoms with Crippen molar-refractivity contribution in [2.75, 3.05) is 7.11 Å². The van der Waals surface area contributed by atoms with Gasteiger partial charge in [-0.2, -0.15) is 5.10 Å². The first-order chi connectivity index (χ1) is 12.6. The Labute approximate surface area is 165 Å². The van der Waals surface area contributed by atoms with Gasteiger partial charge in [0.15, 0.2) is 0 Å². The molecule has 0 spiro atoms. The summed E-state index contributed by atoms with van der Waals surface area (Å²) < 4.78 is 8.26. The van der Waals surface area contributed by atoms with Gasteiger partial charge in [0, 0.05) is 20.5 Å². The molecule has 132 valence electrons. The number of methoxy groups -OCH3 is 1. The van der Waals surface area contributed by atoms with Gasteiger partial charge in [-0.15, -0.1) is 0 Å². The second-order valence-electron chi connectivity index (χ2n) is 5.64. The highest BCUT2D eigenvalue weighted by Crippen LogP contribution is 2.19. The Morgan fingerprint density at radius 1 is 1.15 bits per heavy atom. The largest absolute Gasteiger partial charge is 0.497 e. The van der Waals surface area contributed by atoms with Gasteiger partial charge in [-0.3, -0.25) is 4.79 Å². The summed E-state index contributed by atoms with van der Waals surface area (Å²) in [6, 6.07) is 19.1. The van der Waals surface area contributed by atoms with E-state index in [1.54, 1.807) is 19.4 Å². The van der Waals surface area contributed by atoms with Crippen LogP contribution in [0.2, 0.25) is 0 Å². The number of benzene rings is 2. The Hall–Kier alpha value is -2.61. The van der Waals surface area contributed by atoms with Crippen LogP contribution in [0.1, 0.15) is 21.7 Å². The summed E-state index contributed by atoms with van der Waals surface area (Å²) in [5.74, 6) is 0.567. The second-order valence-corrected chi connectivity index (χ2v) is 6.89. The molecule has 26 heavy (non-hydrogen) atoms. The number of carbonyl (C=O) groups excluding carboxylic acids is 1. The maximum absolute atomic E-state index is 12.2. The van der Waals surface area contributed by atoms with Crippen LogP contribution >= 0.6 is 22.6 Å². The molecule has 6 heteroatoms. The molecule has 3 rings (SSSR count). The van der Waals surface area contributed by atoms with Gasteiger partial charge in [0.2, 0.25) is 0 Å². The smallest absolute Gasteiger partial charge is 0.271 e. The van der Waals surface area contributed by atoms with Crippen molar-refractivity contribution < 1.29 is 9.53 Å². The van der Waals surface area contributed by atoms with E-state index >= 15 is 0 Å². The van der Waals surface area contributed by atoms with Crippen molar-refractivity contribution in [3.8, 4) is 11.4 Å². The minimum absolute atomic E-state index is 0.237. The van der Waals surface area contributed by atoms with Crippen molar-refractivity contribution in [1.29, 1.82) is 0 Å². The average Bonchev–Trinajstić information content (AvgIpc) is 3.02. The normalized spacial score (nSPS) is 10.9. The molecule has 0 saturated carbocycles. The number of nitrogens with one attached hydrogen (secondary N) is 1. The van der Waals surface area contributed by atoms with Crippen molar-refractivity contribution in [2.24, 2.45) is 5.10 Å². The van der Waals surface area contributed by atoms with E-state index in [1.165, 1.54) is 0 Å². The minimum atomic E-state index is -0.237. The number of aryl methyl sites for hydroxylation is 1. The van der Waals surface area contributed by atoms with Gasteiger partial charge in [0.1, 0.15) is 5.75 Å². The summed E-state index contributed by atoms with van der Waals surface area (Å²) in [4.78, 5) is 12.2. The number of rotatable bonds is 5. The van der Waals surface area contributed by atoms with Crippen LogP contribution in [0, 0.1) is 10.5 Å². The number of hydrogen-bond acceptors (Lipinski definition) is 3. The van der Waals surface area contributed by atoms with Gasteiger partial charge in [-0.1, -0.05) is 6.07 Å². The first-order valence-corrected chi connectivity index (χ1v) is 9.08. The van der Waals surface area contributed by atoms with Crippen molar-refractivity contribution in [1.82, 2.24) is 9.99 Å². The lowest BCUT2D eigenvalue weighted by molar-refractivity contribution is 0.0955. The number of carbonyl (C=O) groups is 1. The van der Waals surface area contributed by atoms with Gasteiger partial charge in [0.05, 0.1) is 19.0 Å². The van der Waals surface area contributed by atoms with Crippen LogP contribution in [0.5, 0.6) is 5.75 Å². The van der Waals surface area contributed by atoms with E-state index in [0.29, 0.717) is 5.56 Å². The molecule has 0 atom stereocenters. The molecule has 0 aliphatic heterocycles. The maximum Gasteiger partial charge on any atom is 0.271 e. The summed E-state index contributed by atoms with van der Waals surface area (Å²) >= 11 is 2.17. The molecule has 0 unspecified atom stereocenters. The number of nitrogens with zero attached hydrogens (tertiary/aromatic N) is 2. The maximum atomic E-state index is 12.2. The molecule has 0 aliphatic carbocycles. The number of hydrogen-bond donors (Lipinski definition) is 1. The fourth-order valence-electron chi connectivity index (χ4n) is 2.59. The number of aromatic nitrogens is 1. The first kappa shape index (κ1) is 18.2. The van der Waals surface area contributed by atoms with E-state index in [9.17, 15) is 4.79 Å². The van der Waals surface area contributed by atoms with Crippen LogP contribution in [0.15, 0.2) is 65.8 Å². The monoisotopic (exact) mass is 459 g/mol. The van der Waals surface area contributed by atoms with E-state index in [1.807, 2.05) is 61.5 Å². The molecular formula is C20H18IN3O2. The van der Waals surface area contributed by atoms with Gasteiger partial charge in [-0.05, 0) is 84.1 Å². The lowest BCUT2D eigenvalue weighted by Crippen LogP contribution is -2.18. The molecule has 1 amide bonds. The van der Waals surface area contributed by atoms with Crippen molar-refractivity contribution in [2.45, 2.75) is 6.92 Å². The lowest BCUT2D eigenvalue weighted by Gasteiger charge is -2.10. The highest BCUT2D eigenvalue weighted by molar-refractivity contribution is 14.1. The van der Waals surface area contributed by atoms with Crippen molar-refractivity contribution >= 4 is 34.7 Å². The van der Waals surface area contributed by atoms with E-state index in [2.05, 4.69) is 37.7 Å². The fraction of sp³-hybridized carbons (Fsp3) is 0.100. The van der Waals surface area contributed by atoms with Gasteiger partial charge in [0.25, 0.3) is 5.91 Å². The zero-order chi connectivity index (χ0) is 18.5. The number of amides is 1. The third-order valence-electron chi connectivity index (χ3n) is 3.89. The van der Waals surface area contributed by atoms with Gasteiger partial charge >= 0.3 is 0 Å². The summed E-state index contributed by atoms with van der Waals surface area (Å²) in [7, 11) is 1.64. The summed E-state index contributed by atoms with van der Waals surface area (Å²) in [5, 5.41) is 4.11. The molecule has 3 aromatic rings. The molecule has 5 nitrogen and oxygen atoms in total. The quantitative estimate of drug-likeness (QED) is 0.354. The molecule has 1 heterocycles. The van der Waals surface area contributed by atoms with Crippen LogP contribution in [0.25, 0.3) is 5.69 Å². The van der Waals surface area contributed by atoms with E-state index in [0.717, 1.165) is 26.4 Å². The number of ether oxygens (including phenoxy) is 1. The number of hydrazone groups is 1. The lowest BCUT2D eigenvalue weighted by atomic mass is 10.2.